The van der Waals surface area contributed by atoms with Gasteiger partial charge >= 0.3 is 5.69 Å². The molecule has 4 atom stereocenters. The molecule has 1 aromatic carbocycles. The summed E-state index contributed by atoms with van der Waals surface area (Å²) in [6, 6.07) is 7.77. The molecule has 0 unspecified atom stereocenters. The first-order valence-electron chi connectivity index (χ1n) is 7.57. The van der Waals surface area contributed by atoms with Gasteiger partial charge in [0.2, 0.25) is 0 Å². The van der Waals surface area contributed by atoms with Crippen molar-refractivity contribution < 1.29 is 13.9 Å². The van der Waals surface area contributed by atoms with Gasteiger partial charge < -0.3 is 9.47 Å². The van der Waals surface area contributed by atoms with Gasteiger partial charge in [0.1, 0.15) is 11.9 Å². The zero-order valence-corrected chi connectivity index (χ0v) is 13.4. The standard InChI is InChI=1S/C16H15FN2O4S/c17-10-4-2-1-3-9(10)7-22-13-11-8-24-14(13)15(23-11)19-6-5-12(20)18-16(19)21/h1-6,11,13-15H,7-8H2,(H,18,20,21)/t11-,13+,14+,15+/m1/s1. The molecule has 2 aliphatic heterocycles. The smallest absolute Gasteiger partial charge is 0.330 e. The fourth-order valence-corrected chi connectivity index (χ4v) is 4.56. The highest BCUT2D eigenvalue weighted by atomic mass is 32.2. The van der Waals surface area contributed by atoms with Gasteiger partial charge in [-0.3, -0.25) is 14.3 Å². The number of benzene rings is 1. The van der Waals surface area contributed by atoms with Crippen LogP contribution in [0.15, 0.2) is 46.1 Å². The molecule has 4 rings (SSSR count). The van der Waals surface area contributed by atoms with Crippen LogP contribution in [0.5, 0.6) is 0 Å². The third-order valence-electron chi connectivity index (χ3n) is 4.25. The summed E-state index contributed by atoms with van der Waals surface area (Å²) in [6.07, 6.45) is 0.554. The summed E-state index contributed by atoms with van der Waals surface area (Å²) in [5.41, 5.74) is -0.459. The molecule has 0 radical (unpaired) electrons. The molecule has 2 aromatic rings. The van der Waals surface area contributed by atoms with E-state index in [4.69, 9.17) is 9.47 Å². The number of hydrogen-bond donors (Lipinski definition) is 1. The van der Waals surface area contributed by atoms with E-state index < -0.39 is 17.5 Å². The molecule has 2 aliphatic rings. The number of aromatic amines is 1. The molecule has 126 valence electrons. The Bertz CT molecular complexity index is 867. The zero-order chi connectivity index (χ0) is 16.7. The van der Waals surface area contributed by atoms with E-state index in [-0.39, 0.29) is 29.9 Å². The molecule has 0 spiro atoms. The van der Waals surface area contributed by atoms with Crippen molar-refractivity contribution in [1.29, 1.82) is 0 Å². The van der Waals surface area contributed by atoms with Gasteiger partial charge in [-0.25, -0.2) is 9.18 Å². The van der Waals surface area contributed by atoms with Gasteiger partial charge in [-0.05, 0) is 6.07 Å². The summed E-state index contributed by atoms with van der Waals surface area (Å²) < 4.78 is 26.9. The summed E-state index contributed by atoms with van der Waals surface area (Å²) in [5.74, 6) is 0.464. The topological polar surface area (TPSA) is 73.3 Å². The van der Waals surface area contributed by atoms with E-state index in [2.05, 4.69) is 4.98 Å². The van der Waals surface area contributed by atoms with E-state index in [9.17, 15) is 14.0 Å². The van der Waals surface area contributed by atoms with Gasteiger partial charge in [-0.15, -0.1) is 11.8 Å². The Hall–Kier alpha value is -1.90. The normalized spacial score (nSPS) is 28.4. The van der Waals surface area contributed by atoms with Crippen molar-refractivity contribution in [3.63, 3.8) is 0 Å². The third-order valence-corrected chi connectivity index (χ3v) is 5.66. The zero-order valence-electron chi connectivity index (χ0n) is 12.6. The minimum atomic E-state index is -0.506. The first kappa shape index (κ1) is 15.6. The van der Waals surface area contributed by atoms with E-state index in [0.717, 1.165) is 5.75 Å². The van der Waals surface area contributed by atoms with Crippen LogP contribution in [0.4, 0.5) is 4.39 Å². The van der Waals surface area contributed by atoms with Crippen LogP contribution >= 0.6 is 11.8 Å². The number of fused-ring (bicyclic) bond motifs is 2. The Labute approximate surface area is 140 Å². The molecule has 0 amide bonds. The number of rotatable bonds is 4. The van der Waals surface area contributed by atoms with Gasteiger partial charge in [0, 0.05) is 23.6 Å². The largest absolute Gasteiger partial charge is 0.369 e. The van der Waals surface area contributed by atoms with Crippen LogP contribution in [-0.2, 0) is 16.1 Å². The highest BCUT2D eigenvalue weighted by molar-refractivity contribution is 8.00. The van der Waals surface area contributed by atoms with Gasteiger partial charge in [0.25, 0.3) is 5.56 Å². The van der Waals surface area contributed by atoms with Crippen molar-refractivity contribution in [2.24, 2.45) is 0 Å². The highest BCUT2D eigenvalue weighted by Crippen LogP contribution is 2.46. The van der Waals surface area contributed by atoms with Gasteiger partial charge in [-0.2, -0.15) is 0 Å². The molecule has 24 heavy (non-hydrogen) atoms. The summed E-state index contributed by atoms with van der Waals surface area (Å²) in [7, 11) is 0. The monoisotopic (exact) mass is 350 g/mol. The summed E-state index contributed by atoms with van der Waals surface area (Å²) >= 11 is 1.66. The highest BCUT2D eigenvalue weighted by Gasteiger charge is 2.52. The minimum absolute atomic E-state index is 0.0784. The van der Waals surface area contributed by atoms with Gasteiger partial charge in [-0.1, -0.05) is 18.2 Å². The van der Waals surface area contributed by atoms with E-state index in [1.165, 1.54) is 22.9 Å². The summed E-state index contributed by atoms with van der Waals surface area (Å²) in [6.45, 7) is 0.154. The molecule has 1 aromatic heterocycles. The van der Waals surface area contributed by atoms with Crippen LogP contribution in [0.25, 0.3) is 0 Å². The second kappa shape index (κ2) is 6.19. The fraction of sp³-hybridized carbons (Fsp3) is 0.375. The van der Waals surface area contributed by atoms with Crippen molar-refractivity contribution in [3.05, 3.63) is 68.7 Å². The Balaban J connectivity index is 1.52. The Kier molecular flexibility index (Phi) is 4.03. The van der Waals surface area contributed by atoms with Crippen LogP contribution in [0.2, 0.25) is 0 Å². The van der Waals surface area contributed by atoms with Gasteiger partial charge in [0.05, 0.1) is 18.0 Å². The van der Waals surface area contributed by atoms with Crippen molar-refractivity contribution >= 4 is 11.8 Å². The van der Waals surface area contributed by atoms with Gasteiger partial charge in [0.15, 0.2) is 6.23 Å². The number of aromatic nitrogens is 2. The molecule has 2 bridgehead atoms. The third kappa shape index (κ3) is 2.70. The molecular weight excluding hydrogens is 335 g/mol. The molecule has 6 nitrogen and oxygen atoms in total. The Morgan fingerprint density at radius 2 is 2.17 bits per heavy atom. The maximum Gasteiger partial charge on any atom is 0.330 e. The second-order valence-corrected chi connectivity index (χ2v) is 6.96. The van der Waals surface area contributed by atoms with Crippen LogP contribution < -0.4 is 11.2 Å². The lowest BCUT2D eigenvalue weighted by atomic mass is 10.2. The number of thioether (sulfide) groups is 1. The molecular formula is C16H15FN2O4S. The van der Waals surface area contributed by atoms with E-state index >= 15 is 0 Å². The maximum atomic E-state index is 13.7. The molecule has 0 aliphatic carbocycles. The Morgan fingerprint density at radius 1 is 1.33 bits per heavy atom. The van der Waals surface area contributed by atoms with E-state index in [1.54, 1.807) is 30.0 Å². The number of nitrogens with one attached hydrogen (secondary N) is 1. The second-order valence-electron chi connectivity index (χ2n) is 5.75. The molecule has 1 N–H and O–H groups in total. The van der Waals surface area contributed by atoms with Crippen molar-refractivity contribution in [3.8, 4) is 0 Å². The SMILES string of the molecule is O=c1ccn([C@H]2O[C@@H]3CS[C@H]2[C@H]3OCc2ccccc2F)c(=O)[nH]1. The van der Waals surface area contributed by atoms with Crippen molar-refractivity contribution in [1.82, 2.24) is 9.55 Å². The fourth-order valence-electron chi connectivity index (χ4n) is 3.08. The maximum absolute atomic E-state index is 13.7. The molecule has 3 heterocycles. The number of H-pyrrole nitrogens is 1. The summed E-state index contributed by atoms with van der Waals surface area (Å²) in [5, 5.41) is -0.0784. The number of nitrogens with zero attached hydrogens (tertiary/aromatic N) is 1. The molecule has 0 saturated carbocycles. The number of halogens is 1. The Morgan fingerprint density at radius 3 is 2.96 bits per heavy atom. The lowest BCUT2D eigenvalue weighted by Gasteiger charge is -2.22. The number of hydrogen-bond acceptors (Lipinski definition) is 5. The van der Waals surface area contributed by atoms with Crippen LogP contribution in [0, 0.1) is 5.82 Å². The lowest BCUT2D eigenvalue weighted by molar-refractivity contribution is -0.0319. The van der Waals surface area contributed by atoms with Crippen LogP contribution in [0.3, 0.4) is 0 Å². The van der Waals surface area contributed by atoms with E-state index in [1.807, 2.05) is 0 Å². The van der Waals surface area contributed by atoms with Crippen LogP contribution in [0.1, 0.15) is 11.8 Å². The van der Waals surface area contributed by atoms with Crippen molar-refractivity contribution in [2.75, 3.05) is 5.75 Å². The first-order chi connectivity index (χ1) is 11.6. The average Bonchev–Trinajstić information content (AvgIpc) is 3.11. The lowest BCUT2D eigenvalue weighted by Crippen LogP contribution is -2.36. The molecule has 8 heteroatoms. The minimum Gasteiger partial charge on any atom is -0.369 e. The summed E-state index contributed by atoms with van der Waals surface area (Å²) in [4.78, 5) is 25.4. The first-order valence-corrected chi connectivity index (χ1v) is 8.62. The predicted octanol–water partition coefficient (Wildman–Crippen LogP) is 1.27. The quantitative estimate of drug-likeness (QED) is 0.899. The molecule has 2 fully saturated rings. The number of ether oxygens (including phenoxy) is 2. The molecule has 2 saturated heterocycles. The predicted molar refractivity (Wildman–Crippen MR) is 86.5 cm³/mol. The van der Waals surface area contributed by atoms with Crippen molar-refractivity contribution in [2.45, 2.75) is 30.3 Å². The van der Waals surface area contributed by atoms with Crippen LogP contribution in [-0.4, -0.2) is 32.8 Å². The average molecular weight is 350 g/mol. The van der Waals surface area contributed by atoms with E-state index in [0.29, 0.717) is 5.56 Å².